The monoisotopic (exact) mass is 289 g/mol. The van der Waals surface area contributed by atoms with Gasteiger partial charge in [0.25, 0.3) is 5.91 Å². The fourth-order valence-corrected chi connectivity index (χ4v) is 1.71. The first kappa shape index (κ1) is 17.2. The Morgan fingerprint density at radius 3 is 2.57 bits per heavy atom. The minimum Gasteiger partial charge on any atom is -0.395 e. The van der Waals surface area contributed by atoms with Gasteiger partial charge in [-0.1, -0.05) is 17.9 Å². The minimum atomic E-state index is -0.623. The van der Waals surface area contributed by atoms with E-state index in [4.69, 9.17) is 5.11 Å². The molecule has 0 aliphatic rings. The van der Waals surface area contributed by atoms with Gasteiger partial charge in [0.1, 0.15) is 0 Å². The Bertz CT molecular complexity index is 567. The summed E-state index contributed by atoms with van der Waals surface area (Å²) in [7, 11) is 1.68. The standard InChI is InChI=1S/C17H23NO3/c1-13-8-9-14(7-5-6-10-19)11-15(13)16(21)18(4)17(2,3)12-20/h8-9,11,19-20H,6,10,12H2,1-4H3. The summed E-state index contributed by atoms with van der Waals surface area (Å²) in [6.07, 6.45) is 0.411. The number of aryl methyl sites for hydroxylation is 1. The lowest BCUT2D eigenvalue weighted by Crippen LogP contribution is -2.47. The molecule has 4 heteroatoms. The summed E-state index contributed by atoms with van der Waals surface area (Å²) in [6.45, 7) is 5.41. The number of benzene rings is 1. The number of likely N-dealkylation sites (N-methyl/N-ethyl adjacent to an activating group) is 1. The second-order valence-electron chi connectivity index (χ2n) is 5.64. The predicted molar refractivity (Wildman–Crippen MR) is 83.0 cm³/mol. The van der Waals surface area contributed by atoms with Crippen molar-refractivity contribution in [2.75, 3.05) is 20.3 Å². The third-order valence-corrected chi connectivity index (χ3v) is 3.54. The number of rotatable bonds is 4. The molecule has 0 fully saturated rings. The summed E-state index contributed by atoms with van der Waals surface area (Å²) in [6, 6.07) is 5.47. The lowest BCUT2D eigenvalue weighted by Gasteiger charge is -2.34. The molecular formula is C17H23NO3. The summed E-state index contributed by atoms with van der Waals surface area (Å²) >= 11 is 0. The van der Waals surface area contributed by atoms with Crippen molar-refractivity contribution in [3.63, 3.8) is 0 Å². The molecule has 0 saturated carbocycles. The zero-order chi connectivity index (χ0) is 16.0. The normalized spacial score (nSPS) is 10.8. The molecule has 0 spiro atoms. The molecule has 0 aromatic heterocycles. The van der Waals surface area contributed by atoms with Gasteiger partial charge in [0, 0.05) is 24.6 Å². The van der Waals surface area contributed by atoms with E-state index in [1.165, 1.54) is 0 Å². The van der Waals surface area contributed by atoms with Gasteiger partial charge in [-0.2, -0.15) is 0 Å². The molecule has 21 heavy (non-hydrogen) atoms. The van der Waals surface area contributed by atoms with Crippen molar-refractivity contribution >= 4 is 5.91 Å². The zero-order valence-corrected chi connectivity index (χ0v) is 13.1. The molecule has 0 radical (unpaired) electrons. The third-order valence-electron chi connectivity index (χ3n) is 3.54. The van der Waals surface area contributed by atoms with Gasteiger partial charge in [0.15, 0.2) is 0 Å². The van der Waals surface area contributed by atoms with Crippen molar-refractivity contribution in [1.82, 2.24) is 4.90 Å². The quantitative estimate of drug-likeness (QED) is 0.827. The smallest absolute Gasteiger partial charge is 0.254 e. The number of hydrogen-bond acceptors (Lipinski definition) is 3. The maximum absolute atomic E-state index is 12.6. The summed E-state index contributed by atoms with van der Waals surface area (Å²) in [4.78, 5) is 14.1. The molecule has 1 amide bonds. The topological polar surface area (TPSA) is 60.8 Å². The molecule has 0 aliphatic carbocycles. The van der Waals surface area contributed by atoms with Gasteiger partial charge in [-0.25, -0.2) is 0 Å². The van der Waals surface area contributed by atoms with Gasteiger partial charge < -0.3 is 15.1 Å². The van der Waals surface area contributed by atoms with Crippen LogP contribution in [-0.4, -0.2) is 46.8 Å². The second-order valence-corrected chi connectivity index (χ2v) is 5.64. The van der Waals surface area contributed by atoms with E-state index in [1.807, 2.05) is 32.9 Å². The predicted octanol–water partition coefficient (Wildman–Crippen LogP) is 1.57. The van der Waals surface area contributed by atoms with E-state index in [1.54, 1.807) is 18.0 Å². The number of amides is 1. The molecule has 0 heterocycles. The fourth-order valence-electron chi connectivity index (χ4n) is 1.71. The zero-order valence-electron chi connectivity index (χ0n) is 13.1. The number of hydrogen-bond donors (Lipinski definition) is 2. The van der Waals surface area contributed by atoms with Crippen LogP contribution in [0.4, 0.5) is 0 Å². The highest BCUT2D eigenvalue weighted by Crippen LogP contribution is 2.18. The average Bonchev–Trinajstić information content (AvgIpc) is 2.47. The first-order chi connectivity index (χ1) is 9.83. The molecule has 0 bridgehead atoms. The molecule has 0 unspecified atom stereocenters. The largest absolute Gasteiger partial charge is 0.395 e. The van der Waals surface area contributed by atoms with Crippen LogP contribution < -0.4 is 0 Å². The van der Waals surface area contributed by atoms with E-state index in [-0.39, 0.29) is 19.1 Å². The molecular weight excluding hydrogens is 266 g/mol. The molecule has 0 atom stereocenters. The van der Waals surface area contributed by atoms with Gasteiger partial charge in [-0.15, -0.1) is 0 Å². The highest BCUT2D eigenvalue weighted by Gasteiger charge is 2.28. The molecule has 1 aromatic carbocycles. The van der Waals surface area contributed by atoms with E-state index in [2.05, 4.69) is 11.8 Å². The van der Waals surface area contributed by atoms with Crippen LogP contribution in [0.15, 0.2) is 18.2 Å². The Balaban J connectivity index is 3.10. The van der Waals surface area contributed by atoms with Gasteiger partial charge >= 0.3 is 0 Å². The van der Waals surface area contributed by atoms with Crippen LogP contribution in [0, 0.1) is 18.8 Å². The Labute approximate surface area is 126 Å². The van der Waals surface area contributed by atoms with Gasteiger partial charge in [0.05, 0.1) is 18.8 Å². The van der Waals surface area contributed by atoms with Crippen molar-refractivity contribution < 1.29 is 15.0 Å². The number of aliphatic hydroxyl groups is 2. The highest BCUT2D eigenvalue weighted by molar-refractivity contribution is 5.96. The van der Waals surface area contributed by atoms with Gasteiger partial charge in [0.2, 0.25) is 0 Å². The maximum Gasteiger partial charge on any atom is 0.254 e. The number of carbonyl (C=O) groups is 1. The summed E-state index contributed by atoms with van der Waals surface area (Å²) in [5.74, 6) is 5.63. The molecule has 1 aromatic rings. The first-order valence-electron chi connectivity index (χ1n) is 6.93. The lowest BCUT2D eigenvalue weighted by molar-refractivity contribution is 0.0472. The summed E-state index contributed by atoms with van der Waals surface area (Å²) < 4.78 is 0. The third kappa shape index (κ3) is 4.32. The van der Waals surface area contributed by atoms with Crippen LogP contribution in [0.1, 0.15) is 41.8 Å². The van der Waals surface area contributed by atoms with E-state index < -0.39 is 5.54 Å². The first-order valence-corrected chi connectivity index (χ1v) is 6.93. The molecule has 4 nitrogen and oxygen atoms in total. The van der Waals surface area contributed by atoms with E-state index in [0.717, 1.165) is 11.1 Å². The number of nitrogens with zero attached hydrogens (tertiary/aromatic N) is 1. The van der Waals surface area contributed by atoms with Crippen LogP contribution in [-0.2, 0) is 0 Å². The van der Waals surface area contributed by atoms with Crippen LogP contribution in [0.5, 0.6) is 0 Å². The molecule has 1 rings (SSSR count). The van der Waals surface area contributed by atoms with Crippen molar-refractivity contribution in [3.8, 4) is 11.8 Å². The van der Waals surface area contributed by atoms with Crippen LogP contribution >= 0.6 is 0 Å². The fraction of sp³-hybridized carbons (Fsp3) is 0.471. The van der Waals surface area contributed by atoms with Crippen LogP contribution in [0.2, 0.25) is 0 Å². The number of carbonyl (C=O) groups excluding carboxylic acids is 1. The van der Waals surface area contributed by atoms with E-state index in [9.17, 15) is 9.90 Å². The van der Waals surface area contributed by atoms with E-state index >= 15 is 0 Å². The van der Waals surface area contributed by atoms with Crippen LogP contribution in [0.3, 0.4) is 0 Å². The highest BCUT2D eigenvalue weighted by atomic mass is 16.3. The van der Waals surface area contributed by atoms with Crippen molar-refractivity contribution in [2.45, 2.75) is 32.7 Å². The molecule has 0 aliphatic heterocycles. The van der Waals surface area contributed by atoms with Gasteiger partial charge in [-0.3, -0.25) is 4.79 Å². The maximum atomic E-state index is 12.6. The van der Waals surface area contributed by atoms with Crippen LogP contribution in [0.25, 0.3) is 0 Å². The summed E-state index contributed by atoms with van der Waals surface area (Å²) in [5, 5.41) is 18.1. The molecule has 0 saturated heterocycles. The Morgan fingerprint density at radius 2 is 2.00 bits per heavy atom. The van der Waals surface area contributed by atoms with E-state index in [0.29, 0.717) is 12.0 Å². The molecule has 2 N–H and O–H groups in total. The Kier molecular flexibility index (Phi) is 5.95. The molecule has 114 valence electrons. The Hall–Kier alpha value is -1.83. The number of aliphatic hydroxyl groups excluding tert-OH is 2. The summed E-state index contributed by atoms with van der Waals surface area (Å²) in [5.41, 5.74) is 1.57. The Morgan fingerprint density at radius 1 is 1.33 bits per heavy atom. The SMILES string of the molecule is Cc1ccc(C#CCCO)cc1C(=O)N(C)C(C)(C)CO. The van der Waals surface area contributed by atoms with Crippen molar-refractivity contribution in [1.29, 1.82) is 0 Å². The minimum absolute atomic E-state index is 0.0259. The van der Waals surface area contributed by atoms with Crippen molar-refractivity contribution in [3.05, 3.63) is 34.9 Å². The average molecular weight is 289 g/mol. The lowest BCUT2D eigenvalue weighted by atomic mass is 10.00. The van der Waals surface area contributed by atoms with Crippen molar-refractivity contribution in [2.24, 2.45) is 0 Å². The van der Waals surface area contributed by atoms with Gasteiger partial charge in [-0.05, 0) is 38.5 Å². The second kappa shape index (κ2) is 7.26.